The van der Waals surface area contributed by atoms with Gasteiger partial charge in [-0.3, -0.25) is 9.59 Å². The number of carbonyl (C=O) groups excluding carboxylic acids is 2. The van der Waals surface area contributed by atoms with Crippen LogP contribution in [0.5, 0.6) is 0 Å². The van der Waals surface area contributed by atoms with Crippen molar-refractivity contribution in [3.05, 3.63) is 34.4 Å². The van der Waals surface area contributed by atoms with E-state index in [4.69, 9.17) is 16.9 Å². The second kappa shape index (κ2) is 4.72. The minimum Gasteiger partial charge on any atom is -0.298 e. The van der Waals surface area contributed by atoms with Gasteiger partial charge in [0.15, 0.2) is 5.78 Å². The molecule has 0 aromatic heterocycles. The van der Waals surface area contributed by atoms with Crippen molar-refractivity contribution in [2.45, 2.75) is 6.92 Å². The number of nitrogens with zero attached hydrogens (tertiary/aromatic N) is 1. The standard InChI is InChI=1S/C11H8ClNO2/c1-7-2-8(6-14)3-9(5-13)11(7)10(15)4-12/h2-3,6H,4H2,1H3. The van der Waals surface area contributed by atoms with Gasteiger partial charge in [0, 0.05) is 11.1 Å². The zero-order valence-electron chi connectivity index (χ0n) is 8.08. The van der Waals surface area contributed by atoms with Gasteiger partial charge in [-0.15, -0.1) is 11.6 Å². The lowest BCUT2D eigenvalue weighted by Gasteiger charge is -2.05. The molecule has 1 aromatic carbocycles. The highest BCUT2D eigenvalue weighted by molar-refractivity contribution is 6.31. The minimum absolute atomic E-state index is 0.171. The SMILES string of the molecule is Cc1cc(C=O)cc(C#N)c1C(=O)CCl. The highest BCUT2D eigenvalue weighted by Gasteiger charge is 2.14. The fourth-order valence-electron chi connectivity index (χ4n) is 1.41. The number of aryl methyl sites for hydroxylation is 1. The Morgan fingerprint density at radius 3 is 2.73 bits per heavy atom. The number of nitriles is 1. The van der Waals surface area contributed by atoms with Crippen LogP contribution in [0.15, 0.2) is 12.1 Å². The molecule has 76 valence electrons. The molecule has 0 saturated carbocycles. The van der Waals surface area contributed by atoms with Crippen molar-refractivity contribution >= 4 is 23.7 Å². The van der Waals surface area contributed by atoms with Crippen molar-refractivity contribution in [2.24, 2.45) is 0 Å². The predicted molar refractivity (Wildman–Crippen MR) is 56.3 cm³/mol. The molecule has 0 aliphatic carbocycles. The normalized spacial score (nSPS) is 9.40. The third kappa shape index (κ3) is 2.23. The van der Waals surface area contributed by atoms with E-state index in [9.17, 15) is 9.59 Å². The van der Waals surface area contributed by atoms with Crippen LogP contribution in [0.4, 0.5) is 0 Å². The molecule has 15 heavy (non-hydrogen) atoms. The molecule has 0 unspecified atom stereocenters. The number of carbonyl (C=O) groups is 2. The Labute approximate surface area is 92.3 Å². The molecule has 1 rings (SSSR count). The molecule has 0 bridgehead atoms. The Hall–Kier alpha value is -1.66. The monoisotopic (exact) mass is 221 g/mol. The average molecular weight is 222 g/mol. The van der Waals surface area contributed by atoms with Crippen LogP contribution in [0.3, 0.4) is 0 Å². The van der Waals surface area contributed by atoms with E-state index in [1.54, 1.807) is 13.0 Å². The van der Waals surface area contributed by atoms with Crippen molar-refractivity contribution < 1.29 is 9.59 Å². The molecule has 0 aliphatic rings. The quantitative estimate of drug-likeness (QED) is 0.446. The lowest BCUT2D eigenvalue weighted by atomic mass is 9.97. The van der Waals surface area contributed by atoms with Gasteiger partial charge < -0.3 is 0 Å². The first-order valence-corrected chi connectivity index (χ1v) is 4.76. The minimum atomic E-state index is -0.303. The number of benzene rings is 1. The van der Waals surface area contributed by atoms with E-state index >= 15 is 0 Å². The third-order valence-corrected chi connectivity index (χ3v) is 2.26. The number of hydrogen-bond acceptors (Lipinski definition) is 3. The molecule has 3 nitrogen and oxygen atoms in total. The molecule has 0 N–H and O–H groups in total. The van der Waals surface area contributed by atoms with Crippen LogP contribution in [0, 0.1) is 18.3 Å². The maximum Gasteiger partial charge on any atom is 0.179 e. The van der Waals surface area contributed by atoms with Crippen LogP contribution < -0.4 is 0 Å². The summed E-state index contributed by atoms with van der Waals surface area (Å²) in [5.41, 5.74) is 1.48. The molecule has 0 aliphatic heterocycles. The van der Waals surface area contributed by atoms with E-state index in [1.807, 2.05) is 6.07 Å². The van der Waals surface area contributed by atoms with Gasteiger partial charge >= 0.3 is 0 Å². The van der Waals surface area contributed by atoms with E-state index in [-0.39, 0.29) is 17.2 Å². The predicted octanol–water partition coefficient (Wildman–Crippen LogP) is 2.10. The smallest absolute Gasteiger partial charge is 0.179 e. The van der Waals surface area contributed by atoms with E-state index in [0.29, 0.717) is 23.0 Å². The van der Waals surface area contributed by atoms with E-state index in [1.165, 1.54) is 6.07 Å². The highest BCUT2D eigenvalue weighted by atomic mass is 35.5. The first-order chi connectivity index (χ1) is 7.13. The largest absolute Gasteiger partial charge is 0.298 e. The molecule has 0 fully saturated rings. The third-order valence-electron chi connectivity index (χ3n) is 2.01. The van der Waals surface area contributed by atoms with E-state index in [2.05, 4.69) is 0 Å². The summed E-state index contributed by atoms with van der Waals surface area (Å²) >= 11 is 5.43. The van der Waals surface area contributed by atoms with Gasteiger partial charge in [-0.1, -0.05) is 0 Å². The number of alkyl halides is 1. The molecule has 1 aromatic rings. The van der Waals surface area contributed by atoms with Gasteiger partial charge in [0.2, 0.25) is 0 Å². The summed E-state index contributed by atoms with van der Waals surface area (Å²) in [6.45, 7) is 1.67. The Bertz CT molecular complexity index is 460. The van der Waals surface area contributed by atoms with E-state index in [0.717, 1.165) is 0 Å². The molecule has 0 saturated heterocycles. The summed E-state index contributed by atoms with van der Waals surface area (Å²) in [6.07, 6.45) is 0.642. The Kier molecular flexibility index (Phi) is 3.59. The molecule has 0 spiro atoms. The number of rotatable bonds is 3. The van der Waals surface area contributed by atoms with Gasteiger partial charge in [-0.25, -0.2) is 0 Å². The molecule has 0 radical (unpaired) electrons. The fraction of sp³-hybridized carbons (Fsp3) is 0.182. The first-order valence-electron chi connectivity index (χ1n) is 4.23. The lowest BCUT2D eigenvalue weighted by Crippen LogP contribution is -2.07. The van der Waals surface area contributed by atoms with Crippen LogP contribution in [-0.2, 0) is 0 Å². The molecular formula is C11H8ClNO2. The lowest BCUT2D eigenvalue weighted by molar-refractivity contribution is 0.101. The topological polar surface area (TPSA) is 57.9 Å². The average Bonchev–Trinajstić information content (AvgIpc) is 2.26. The summed E-state index contributed by atoms with van der Waals surface area (Å²) in [6, 6.07) is 4.84. The summed E-state index contributed by atoms with van der Waals surface area (Å²) in [5.74, 6) is -0.473. The highest BCUT2D eigenvalue weighted by Crippen LogP contribution is 2.17. The van der Waals surface area contributed by atoms with E-state index < -0.39 is 0 Å². The van der Waals surface area contributed by atoms with Gasteiger partial charge in [0.1, 0.15) is 6.29 Å². The second-order valence-electron chi connectivity index (χ2n) is 3.05. The van der Waals surface area contributed by atoms with Crippen molar-refractivity contribution in [1.29, 1.82) is 5.26 Å². The van der Waals surface area contributed by atoms with Gasteiger partial charge in [0.05, 0.1) is 17.5 Å². The van der Waals surface area contributed by atoms with Crippen LogP contribution >= 0.6 is 11.6 Å². The number of halogens is 1. The van der Waals surface area contributed by atoms with Crippen molar-refractivity contribution in [1.82, 2.24) is 0 Å². The number of hydrogen-bond donors (Lipinski definition) is 0. The van der Waals surface area contributed by atoms with Crippen molar-refractivity contribution in [2.75, 3.05) is 5.88 Å². The first kappa shape index (κ1) is 11.4. The van der Waals surface area contributed by atoms with Crippen molar-refractivity contribution in [3.8, 4) is 6.07 Å². The molecule has 4 heteroatoms. The summed E-state index contributed by atoms with van der Waals surface area (Å²) in [5, 5.41) is 8.85. The number of aldehydes is 1. The maximum absolute atomic E-state index is 11.4. The molecule has 0 heterocycles. The van der Waals surface area contributed by atoms with Gasteiger partial charge in [0.25, 0.3) is 0 Å². The Morgan fingerprint density at radius 1 is 1.60 bits per heavy atom. The van der Waals surface area contributed by atoms with Crippen molar-refractivity contribution in [3.63, 3.8) is 0 Å². The number of ketones is 1. The Balaban J connectivity index is 3.45. The summed E-state index contributed by atoms with van der Waals surface area (Å²) in [7, 11) is 0. The summed E-state index contributed by atoms with van der Waals surface area (Å²) < 4.78 is 0. The van der Waals surface area contributed by atoms with Crippen LogP contribution in [-0.4, -0.2) is 17.9 Å². The summed E-state index contributed by atoms with van der Waals surface area (Å²) in [4.78, 5) is 22.0. The fourth-order valence-corrected chi connectivity index (χ4v) is 1.54. The Morgan fingerprint density at radius 2 is 2.27 bits per heavy atom. The number of Topliss-reactive ketones (excluding diaryl/α,β-unsaturated/α-hetero) is 1. The van der Waals surface area contributed by atoms with Crippen LogP contribution in [0.2, 0.25) is 0 Å². The zero-order valence-corrected chi connectivity index (χ0v) is 8.84. The van der Waals surface area contributed by atoms with Crippen LogP contribution in [0.1, 0.15) is 31.8 Å². The van der Waals surface area contributed by atoms with Crippen LogP contribution in [0.25, 0.3) is 0 Å². The second-order valence-corrected chi connectivity index (χ2v) is 3.31. The van der Waals surface area contributed by atoms with Gasteiger partial charge in [-0.2, -0.15) is 5.26 Å². The van der Waals surface area contributed by atoms with Gasteiger partial charge in [-0.05, 0) is 24.6 Å². The molecular weight excluding hydrogens is 214 g/mol. The molecule has 0 amide bonds. The molecule has 0 atom stereocenters. The maximum atomic E-state index is 11.4. The zero-order chi connectivity index (χ0) is 11.4.